The average Bonchev–Trinajstić information content (AvgIpc) is 3.47. The Balaban J connectivity index is 1.17. The predicted octanol–water partition coefficient (Wildman–Crippen LogP) is 4.50. The fourth-order valence-electron chi connectivity index (χ4n) is 6.77. The van der Waals surface area contributed by atoms with Crippen LogP contribution in [0.15, 0.2) is 66.7 Å². The summed E-state index contributed by atoms with van der Waals surface area (Å²) in [4.78, 5) is 61.6. The first kappa shape index (κ1) is 39.7. The Morgan fingerprint density at radius 2 is 1.37 bits per heavy atom. The topological polar surface area (TPSA) is 182 Å². The molecule has 1 saturated heterocycles. The minimum absolute atomic E-state index is 0.0197. The molecule has 1 fully saturated rings. The van der Waals surface area contributed by atoms with Crippen molar-refractivity contribution in [3.8, 4) is 16.9 Å². The normalized spacial score (nSPS) is 20.1. The van der Waals surface area contributed by atoms with Crippen LogP contribution >= 0.6 is 0 Å². The van der Waals surface area contributed by atoms with Gasteiger partial charge in [0, 0.05) is 38.8 Å². The number of hydrogen-bond acceptors (Lipinski definition) is 13. The Morgan fingerprint density at radius 3 is 1.98 bits per heavy atom. The molecule has 54 heavy (non-hydrogen) atoms. The van der Waals surface area contributed by atoms with Crippen LogP contribution in [-0.2, 0) is 60.6 Å². The molecule has 1 aliphatic carbocycles. The molecule has 14 nitrogen and oxygen atoms in total. The predicted molar refractivity (Wildman–Crippen MR) is 191 cm³/mol. The zero-order valence-corrected chi connectivity index (χ0v) is 30.6. The molecule has 2 aliphatic rings. The van der Waals surface area contributed by atoms with Gasteiger partial charge in [0.1, 0.15) is 12.4 Å². The van der Waals surface area contributed by atoms with E-state index in [2.05, 4.69) is 29.6 Å². The summed E-state index contributed by atoms with van der Waals surface area (Å²) >= 11 is 0. The first-order valence-corrected chi connectivity index (χ1v) is 17.7. The van der Waals surface area contributed by atoms with Crippen LogP contribution < -0.4 is 10.1 Å². The van der Waals surface area contributed by atoms with Crippen molar-refractivity contribution >= 4 is 30.0 Å². The fraction of sp³-hybridized carbons (Fsp3) is 0.425. The fourth-order valence-corrected chi connectivity index (χ4v) is 6.77. The zero-order chi connectivity index (χ0) is 38.8. The van der Waals surface area contributed by atoms with E-state index in [0.29, 0.717) is 24.9 Å². The summed E-state index contributed by atoms with van der Waals surface area (Å²) in [5, 5.41) is 12.9. The van der Waals surface area contributed by atoms with E-state index >= 15 is 0 Å². The Labute approximate surface area is 313 Å². The highest BCUT2D eigenvalue weighted by Crippen LogP contribution is 2.44. The lowest BCUT2D eigenvalue weighted by Crippen LogP contribution is -2.64. The number of ether oxygens (including phenoxy) is 7. The number of aliphatic hydroxyl groups is 1. The number of methoxy groups -OCH3 is 1. The third-order valence-electron chi connectivity index (χ3n) is 9.13. The molecule has 5 rings (SSSR count). The monoisotopic (exact) mass is 747 g/mol. The second kappa shape index (κ2) is 18.5. The summed E-state index contributed by atoms with van der Waals surface area (Å²) < 4.78 is 38.6. The van der Waals surface area contributed by atoms with Crippen molar-refractivity contribution in [1.29, 1.82) is 0 Å². The second-order valence-corrected chi connectivity index (χ2v) is 13.0. The minimum Gasteiger partial charge on any atom is -0.467 e. The van der Waals surface area contributed by atoms with Crippen molar-refractivity contribution in [1.82, 2.24) is 5.32 Å². The maximum absolute atomic E-state index is 12.8. The molecular formula is C40H45NO13. The van der Waals surface area contributed by atoms with Gasteiger partial charge in [-0.2, -0.15) is 0 Å². The van der Waals surface area contributed by atoms with Crippen molar-refractivity contribution in [2.75, 3.05) is 20.3 Å². The average molecular weight is 748 g/mol. The van der Waals surface area contributed by atoms with Gasteiger partial charge in [-0.1, -0.05) is 67.1 Å². The van der Waals surface area contributed by atoms with Crippen LogP contribution in [0.3, 0.4) is 0 Å². The van der Waals surface area contributed by atoms with Crippen molar-refractivity contribution in [2.24, 2.45) is 0 Å². The number of aryl methyl sites for hydroxylation is 1. The third kappa shape index (κ3) is 9.74. The van der Waals surface area contributed by atoms with E-state index in [1.807, 2.05) is 30.3 Å². The third-order valence-corrected chi connectivity index (χ3v) is 9.13. The lowest BCUT2D eigenvalue weighted by Gasteiger charge is -2.43. The summed E-state index contributed by atoms with van der Waals surface area (Å²) in [6.07, 6.45) is -5.34. The molecule has 5 atom stereocenters. The SMILES string of the molecule is COC(=O)[C@H]1O[C@@H](Oc2cc(CCCCCNC(=O)OCC3c4ccccc4-c4ccccc43)ccc2CO)[C@H](OC(C)=O)[C@@H](OC(C)=O)[C@@H]1OC(C)=O. The molecule has 3 aromatic carbocycles. The molecular weight excluding hydrogens is 702 g/mol. The number of carbonyl (C=O) groups is 5. The summed E-state index contributed by atoms with van der Waals surface area (Å²) in [6.45, 7) is 3.54. The molecule has 14 heteroatoms. The van der Waals surface area contributed by atoms with E-state index in [0.717, 1.165) is 68.5 Å². The molecule has 0 bridgehead atoms. The lowest BCUT2D eigenvalue weighted by molar-refractivity contribution is -0.282. The van der Waals surface area contributed by atoms with Gasteiger partial charge in [0.25, 0.3) is 0 Å². The minimum atomic E-state index is -1.62. The zero-order valence-electron chi connectivity index (χ0n) is 30.6. The maximum atomic E-state index is 12.8. The Hall–Kier alpha value is -5.47. The van der Waals surface area contributed by atoms with E-state index in [1.54, 1.807) is 12.1 Å². The van der Waals surface area contributed by atoms with Crippen LogP contribution in [0.5, 0.6) is 5.75 Å². The molecule has 0 unspecified atom stereocenters. The Bertz CT molecular complexity index is 1780. The highest BCUT2D eigenvalue weighted by Gasteiger charge is 2.56. The summed E-state index contributed by atoms with van der Waals surface area (Å²) in [7, 11) is 1.09. The van der Waals surface area contributed by atoms with Crippen LogP contribution in [0, 0.1) is 0 Å². The molecule has 1 heterocycles. The van der Waals surface area contributed by atoms with Gasteiger partial charge >= 0.3 is 30.0 Å². The van der Waals surface area contributed by atoms with Crippen LogP contribution in [0.2, 0.25) is 0 Å². The van der Waals surface area contributed by atoms with Crippen LogP contribution in [-0.4, -0.2) is 86.0 Å². The van der Waals surface area contributed by atoms with Gasteiger partial charge in [0.05, 0.1) is 13.7 Å². The standard InChI is InChI=1S/C40H45NO13/c1-23(43)50-34-35(51-24(2)44)37(52-25(3)45)39(54-36(34)38(46)48-4)53-33-20-26(17-18-27(33)21-42)12-6-5-11-19-41-40(47)49-22-32-30-15-9-7-13-28(30)29-14-8-10-16-31(29)32/h7-10,13-18,20,32,34-37,39,42H,5-6,11-12,19,21-22H2,1-4H3,(H,41,47)/t34-,35-,36-,37+,39+/m0/s1. The number of aliphatic hydroxyl groups excluding tert-OH is 1. The Morgan fingerprint density at radius 1 is 0.759 bits per heavy atom. The van der Waals surface area contributed by atoms with Gasteiger partial charge in [0.2, 0.25) is 12.4 Å². The number of alkyl carbamates (subject to hydrolysis) is 1. The summed E-state index contributed by atoms with van der Waals surface area (Å²) in [5.74, 6) is -3.25. The quantitative estimate of drug-likeness (QED) is 0.126. The number of benzene rings is 3. The maximum Gasteiger partial charge on any atom is 0.407 e. The number of amides is 1. The van der Waals surface area contributed by atoms with E-state index < -0.39 is 67.3 Å². The molecule has 0 spiro atoms. The van der Waals surface area contributed by atoms with E-state index in [-0.39, 0.29) is 18.3 Å². The van der Waals surface area contributed by atoms with Crippen molar-refractivity contribution in [3.63, 3.8) is 0 Å². The largest absolute Gasteiger partial charge is 0.467 e. The summed E-state index contributed by atoms with van der Waals surface area (Å²) in [5.41, 5.74) is 5.81. The van der Waals surface area contributed by atoms with Gasteiger partial charge in [-0.15, -0.1) is 0 Å². The number of fused-ring (bicyclic) bond motifs is 3. The van der Waals surface area contributed by atoms with E-state index in [1.165, 1.54) is 0 Å². The molecule has 3 aromatic rings. The highest BCUT2D eigenvalue weighted by atomic mass is 16.7. The van der Waals surface area contributed by atoms with Gasteiger partial charge in [0.15, 0.2) is 18.3 Å². The van der Waals surface area contributed by atoms with Crippen LogP contribution in [0.1, 0.15) is 68.2 Å². The smallest absolute Gasteiger partial charge is 0.407 e. The van der Waals surface area contributed by atoms with Crippen molar-refractivity contribution in [3.05, 3.63) is 89.0 Å². The van der Waals surface area contributed by atoms with Crippen LogP contribution in [0.4, 0.5) is 4.79 Å². The van der Waals surface area contributed by atoms with Crippen molar-refractivity contribution < 1.29 is 62.2 Å². The number of nitrogens with one attached hydrogen (secondary N) is 1. The molecule has 1 aliphatic heterocycles. The number of rotatable bonds is 15. The summed E-state index contributed by atoms with van der Waals surface area (Å²) in [6, 6.07) is 21.5. The van der Waals surface area contributed by atoms with E-state index in [9.17, 15) is 29.1 Å². The number of esters is 4. The molecule has 0 saturated carbocycles. The van der Waals surface area contributed by atoms with Crippen LogP contribution in [0.25, 0.3) is 11.1 Å². The number of carbonyl (C=O) groups excluding carboxylic acids is 5. The molecule has 288 valence electrons. The van der Waals surface area contributed by atoms with E-state index in [4.69, 9.17) is 33.2 Å². The first-order chi connectivity index (χ1) is 26.0. The molecule has 2 N–H and O–H groups in total. The number of hydrogen-bond donors (Lipinski definition) is 2. The molecule has 0 aromatic heterocycles. The first-order valence-electron chi connectivity index (χ1n) is 17.7. The van der Waals surface area contributed by atoms with Gasteiger partial charge < -0.3 is 43.6 Å². The van der Waals surface area contributed by atoms with Gasteiger partial charge in [-0.25, -0.2) is 9.59 Å². The lowest BCUT2D eigenvalue weighted by atomic mass is 9.97. The molecule has 0 radical (unpaired) electrons. The van der Waals surface area contributed by atoms with Crippen molar-refractivity contribution in [2.45, 2.75) is 89.7 Å². The second-order valence-electron chi connectivity index (χ2n) is 13.0. The highest BCUT2D eigenvalue weighted by molar-refractivity contribution is 5.79. The number of unbranched alkanes of at least 4 members (excludes halogenated alkanes) is 2. The Kier molecular flexibility index (Phi) is 13.6. The van der Waals surface area contributed by atoms with Gasteiger partial charge in [-0.05, 0) is 53.1 Å². The van der Waals surface area contributed by atoms with Gasteiger partial charge in [-0.3, -0.25) is 14.4 Å². The molecule has 1 amide bonds.